The predicted molar refractivity (Wildman–Crippen MR) is 129 cm³/mol. The summed E-state index contributed by atoms with van der Waals surface area (Å²) in [4.78, 5) is 20.1. The number of hydrazone groups is 1. The van der Waals surface area contributed by atoms with Crippen molar-refractivity contribution in [1.29, 1.82) is 0 Å². The van der Waals surface area contributed by atoms with E-state index < -0.39 is 0 Å². The number of phenols is 1. The third kappa shape index (κ3) is 5.79. The number of nitrogens with one attached hydrogen (secondary N) is 1. The molecule has 11 nitrogen and oxygen atoms in total. The lowest BCUT2D eigenvalue weighted by Gasteiger charge is -2.30. The second-order valence-electron chi connectivity index (χ2n) is 7.74. The first-order valence-electron chi connectivity index (χ1n) is 11.5. The van der Waals surface area contributed by atoms with Crippen molar-refractivity contribution in [2.75, 3.05) is 85.8 Å². The standard InChI is InChI=1S/C22H32N8O3/c1-3-28(4-2)18-6-5-17(19(31)15-18)16-23-27-20-24-21(29-7-11-32-12-8-29)26-22(25-20)30-9-13-33-14-10-30/h5-6,15-16,31H,3-4,7-14H2,1-2H3,(H,24,25,26,27)/b23-16-. The fourth-order valence-electron chi connectivity index (χ4n) is 3.80. The van der Waals surface area contributed by atoms with Crippen LogP contribution in [0.5, 0.6) is 5.75 Å². The molecule has 178 valence electrons. The SMILES string of the molecule is CCN(CC)c1ccc(/C=N\Nc2nc(N3CCOCC3)nc(N3CCOCC3)n2)c(O)c1. The molecule has 1 aromatic heterocycles. The van der Waals surface area contributed by atoms with Gasteiger partial charge in [-0.05, 0) is 26.0 Å². The maximum Gasteiger partial charge on any atom is 0.250 e. The molecule has 0 amide bonds. The summed E-state index contributed by atoms with van der Waals surface area (Å²) >= 11 is 0. The maximum absolute atomic E-state index is 10.4. The Bertz CT molecular complexity index is 905. The minimum absolute atomic E-state index is 0.170. The van der Waals surface area contributed by atoms with Gasteiger partial charge in [-0.1, -0.05) is 0 Å². The second-order valence-corrected chi connectivity index (χ2v) is 7.74. The molecule has 2 aromatic rings. The van der Waals surface area contributed by atoms with Crippen LogP contribution in [0, 0.1) is 0 Å². The van der Waals surface area contributed by atoms with E-state index in [4.69, 9.17) is 9.47 Å². The Morgan fingerprint density at radius 3 is 2.06 bits per heavy atom. The lowest BCUT2D eigenvalue weighted by atomic mass is 10.2. The van der Waals surface area contributed by atoms with Crippen LogP contribution < -0.4 is 20.1 Å². The molecule has 0 radical (unpaired) electrons. The molecule has 3 heterocycles. The number of ether oxygens (including phenoxy) is 2. The van der Waals surface area contributed by atoms with Crippen LogP contribution in [-0.4, -0.2) is 92.0 Å². The van der Waals surface area contributed by atoms with E-state index in [1.165, 1.54) is 0 Å². The molecule has 33 heavy (non-hydrogen) atoms. The zero-order valence-corrected chi connectivity index (χ0v) is 19.3. The molecule has 0 saturated carbocycles. The van der Waals surface area contributed by atoms with E-state index in [2.05, 4.69) is 54.0 Å². The van der Waals surface area contributed by atoms with Gasteiger partial charge < -0.3 is 29.3 Å². The third-order valence-corrected chi connectivity index (χ3v) is 5.71. The van der Waals surface area contributed by atoms with Gasteiger partial charge >= 0.3 is 0 Å². The number of aromatic nitrogens is 3. The summed E-state index contributed by atoms with van der Waals surface area (Å²) in [6.07, 6.45) is 1.56. The monoisotopic (exact) mass is 456 g/mol. The first kappa shape index (κ1) is 23.0. The second kappa shape index (κ2) is 11.1. The van der Waals surface area contributed by atoms with Gasteiger partial charge in [-0.3, -0.25) is 0 Å². The van der Waals surface area contributed by atoms with Gasteiger partial charge in [-0.2, -0.15) is 20.1 Å². The van der Waals surface area contributed by atoms with Crippen molar-refractivity contribution in [2.45, 2.75) is 13.8 Å². The average molecular weight is 457 g/mol. The molecule has 0 spiro atoms. The molecular weight excluding hydrogens is 424 g/mol. The van der Waals surface area contributed by atoms with E-state index in [1.54, 1.807) is 12.3 Å². The van der Waals surface area contributed by atoms with Crippen LogP contribution in [0.1, 0.15) is 19.4 Å². The van der Waals surface area contributed by atoms with Crippen molar-refractivity contribution in [2.24, 2.45) is 5.10 Å². The molecule has 2 aliphatic heterocycles. The summed E-state index contributed by atoms with van der Waals surface area (Å²) in [6.45, 7) is 11.4. The van der Waals surface area contributed by atoms with Gasteiger partial charge in [0.15, 0.2) is 0 Å². The van der Waals surface area contributed by atoms with Gasteiger partial charge in [0.05, 0.1) is 32.6 Å². The number of rotatable bonds is 8. The Kier molecular flexibility index (Phi) is 7.74. The number of phenolic OH excluding ortho intramolecular Hbond substituents is 1. The van der Waals surface area contributed by atoms with Crippen LogP contribution in [-0.2, 0) is 9.47 Å². The van der Waals surface area contributed by atoms with Crippen LogP contribution >= 0.6 is 0 Å². The number of aromatic hydroxyl groups is 1. The maximum atomic E-state index is 10.4. The summed E-state index contributed by atoms with van der Waals surface area (Å²) < 4.78 is 10.9. The Morgan fingerprint density at radius 1 is 0.970 bits per heavy atom. The average Bonchev–Trinajstić information content (AvgIpc) is 2.87. The zero-order valence-electron chi connectivity index (χ0n) is 19.3. The quantitative estimate of drug-likeness (QED) is 0.448. The number of morpholine rings is 2. The Morgan fingerprint density at radius 2 is 1.55 bits per heavy atom. The number of nitrogens with zero attached hydrogens (tertiary/aromatic N) is 7. The van der Waals surface area contributed by atoms with Crippen LogP contribution in [0.2, 0.25) is 0 Å². The van der Waals surface area contributed by atoms with Crippen molar-refractivity contribution in [3.05, 3.63) is 23.8 Å². The minimum Gasteiger partial charge on any atom is -0.507 e. The highest BCUT2D eigenvalue weighted by Gasteiger charge is 2.20. The van der Waals surface area contributed by atoms with Crippen molar-refractivity contribution in [3.8, 4) is 5.75 Å². The molecule has 0 atom stereocenters. The molecule has 4 rings (SSSR count). The smallest absolute Gasteiger partial charge is 0.250 e. The first-order chi connectivity index (χ1) is 16.2. The van der Waals surface area contributed by atoms with Crippen molar-refractivity contribution < 1.29 is 14.6 Å². The van der Waals surface area contributed by atoms with E-state index >= 15 is 0 Å². The van der Waals surface area contributed by atoms with Crippen molar-refractivity contribution in [3.63, 3.8) is 0 Å². The van der Waals surface area contributed by atoms with E-state index in [1.807, 2.05) is 12.1 Å². The summed E-state index contributed by atoms with van der Waals surface area (Å²) in [6, 6.07) is 5.58. The fraction of sp³-hybridized carbons (Fsp3) is 0.545. The van der Waals surface area contributed by atoms with Crippen molar-refractivity contribution in [1.82, 2.24) is 15.0 Å². The van der Waals surface area contributed by atoms with E-state index in [9.17, 15) is 5.11 Å². The number of hydrogen-bond acceptors (Lipinski definition) is 11. The highest BCUT2D eigenvalue weighted by molar-refractivity contribution is 5.84. The van der Waals surface area contributed by atoms with Crippen LogP contribution in [0.4, 0.5) is 23.5 Å². The van der Waals surface area contributed by atoms with Crippen LogP contribution in [0.25, 0.3) is 0 Å². The largest absolute Gasteiger partial charge is 0.507 e. The number of anilines is 4. The summed E-state index contributed by atoms with van der Waals surface area (Å²) in [5, 5.41) is 14.7. The van der Waals surface area contributed by atoms with Gasteiger partial charge in [0.25, 0.3) is 0 Å². The molecule has 0 unspecified atom stereocenters. The van der Waals surface area contributed by atoms with E-state index in [-0.39, 0.29) is 5.75 Å². The van der Waals surface area contributed by atoms with Crippen molar-refractivity contribution >= 4 is 29.7 Å². The predicted octanol–water partition coefficient (Wildman–Crippen LogP) is 1.54. The Hall–Kier alpha value is -3.18. The molecule has 2 saturated heterocycles. The Labute approximate surface area is 194 Å². The zero-order chi connectivity index (χ0) is 23.0. The molecular formula is C22H32N8O3. The topological polar surface area (TPSA) is 111 Å². The molecule has 2 aliphatic rings. The van der Waals surface area contributed by atoms with Gasteiger partial charge in [0, 0.05) is 56.6 Å². The van der Waals surface area contributed by atoms with Crippen LogP contribution in [0.3, 0.4) is 0 Å². The van der Waals surface area contributed by atoms with Gasteiger partial charge in [0.1, 0.15) is 5.75 Å². The summed E-state index contributed by atoms with van der Waals surface area (Å²) in [5.74, 6) is 1.71. The minimum atomic E-state index is 0.170. The molecule has 11 heteroatoms. The normalized spacial score (nSPS) is 16.9. The fourth-order valence-corrected chi connectivity index (χ4v) is 3.80. The molecule has 2 N–H and O–H groups in total. The third-order valence-electron chi connectivity index (χ3n) is 5.71. The molecule has 0 bridgehead atoms. The van der Waals surface area contributed by atoms with E-state index in [0.717, 1.165) is 45.0 Å². The molecule has 0 aliphatic carbocycles. The van der Waals surface area contributed by atoms with Crippen LogP contribution in [0.15, 0.2) is 23.3 Å². The highest BCUT2D eigenvalue weighted by Crippen LogP contribution is 2.24. The van der Waals surface area contributed by atoms with Gasteiger partial charge in [-0.15, -0.1) is 0 Å². The number of hydrogen-bond donors (Lipinski definition) is 2. The van der Waals surface area contributed by atoms with Gasteiger partial charge in [0.2, 0.25) is 17.8 Å². The lowest BCUT2D eigenvalue weighted by molar-refractivity contribution is 0.121. The number of benzene rings is 1. The van der Waals surface area contributed by atoms with E-state index in [0.29, 0.717) is 49.8 Å². The van der Waals surface area contributed by atoms with Gasteiger partial charge in [-0.25, -0.2) is 5.43 Å². The highest BCUT2D eigenvalue weighted by atomic mass is 16.5. The molecule has 1 aromatic carbocycles. The Balaban J connectivity index is 1.52. The summed E-state index contributed by atoms with van der Waals surface area (Å²) in [5.41, 5.74) is 4.49. The first-order valence-corrected chi connectivity index (χ1v) is 11.5. The molecule has 2 fully saturated rings. The lowest BCUT2D eigenvalue weighted by Crippen LogP contribution is -2.40. The summed E-state index contributed by atoms with van der Waals surface area (Å²) in [7, 11) is 0.